The van der Waals surface area contributed by atoms with Crippen LogP contribution in [0.15, 0.2) is 65.8 Å². The van der Waals surface area contributed by atoms with E-state index in [2.05, 4.69) is 51.8 Å². The largest absolute Gasteiger partial charge is 0.377 e. The van der Waals surface area contributed by atoms with Crippen molar-refractivity contribution in [1.29, 1.82) is 0 Å². The second kappa shape index (κ2) is 23.2. The molecular weight excluding hydrogens is 850 g/mol. The molecular formula is C45H54ClN7O7S2. The number of pyridine rings is 1. The molecule has 0 unspecified atom stereocenters. The molecule has 330 valence electrons. The lowest BCUT2D eigenvalue weighted by Crippen LogP contribution is -2.29. The Morgan fingerprint density at radius 1 is 0.774 bits per heavy atom. The number of hydrogen-bond donors (Lipinski definition) is 2. The smallest absolute Gasteiger partial charge is 0.222 e. The number of nitrogens with one attached hydrogen (secondary N) is 2. The van der Waals surface area contributed by atoms with Gasteiger partial charge in [-0.2, -0.15) is 13.5 Å². The first-order valence-electron chi connectivity index (χ1n) is 20.6. The van der Waals surface area contributed by atoms with Crippen LogP contribution in [-0.2, 0) is 46.1 Å². The van der Waals surface area contributed by atoms with Crippen molar-refractivity contribution in [3.8, 4) is 16.1 Å². The first-order chi connectivity index (χ1) is 29.7. The van der Waals surface area contributed by atoms with Crippen molar-refractivity contribution in [3.63, 3.8) is 0 Å². The molecule has 2 aromatic carbocycles. The van der Waals surface area contributed by atoms with Crippen molar-refractivity contribution in [3.05, 3.63) is 110 Å². The highest BCUT2D eigenvalue weighted by molar-refractivity contribution is 7.59. The molecule has 0 bridgehead atoms. The number of ether oxygens (including phenoxy) is 5. The number of rotatable bonds is 23. The third-order valence-electron chi connectivity index (χ3n) is 10.4. The zero-order valence-corrected chi connectivity index (χ0v) is 37.9. The highest BCUT2D eigenvalue weighted by Crippen LogP contribution is 2.39. The number of Topliss-reactive ketones (excluding diaryl/α,β-unsaturated/α-hetero) is 1. The number of aryl methyl sites for hydroxylation is 2. The van der Waals surface area contributed by atoms with Crippen molar-refractivity contribution in [2.75, 3.05) is 84.5 Å². The average molecular weight is 905 g/mol. The topological polar surface area (TPSA) is 160 Å². The number of halogens is 1. The lowest BCUT2D eigenvalue weighted by atomic mass is 9.99. The van der Waals surface area contributed by atoms with Gasteiger partial charge in [0.25, 0.3) is 0 Å². The molecule has 0 radical (unpaired) electrons. The lowest BCUT2D eigenvalue weighted by molar-refractivity contribution is -0.121. The molecule has 2 aliphatic rings. The number of ketones is 1. The van der Waals surface area contributed by atoms with Crippen molar-refractivity contribution in [2.24, 2.45) is 4.99 Å². The number of aromatic nitrogens is 4. The van der Waals surface area contributed by atoms with Gasteiger partial charge in [-0.3, -0.25) is 19.1 Å². The molecule has 1 atom stereocenters. The Morgan fingerprint density at radius 3 is 2.05 bits per heavy atom. The number of carbonyl (C=O) groups is 2. The van der Waals surface area contributed by atoms with Crippen molar-refractivity contribution in [1.82, 2.24) is 25.1 Å². The lowest BCUT2D eigenvalue weighted by Gasteiger charge is -2.13. The van der Waals surface area contributed by atoms with Crippen LogP contribution in [0.25, 0.3) is 16.1 Å². The molecule has 1 aliphatic heterocycles. The van der Waals surface area contributed by atoms with E-state index in [0.717, 1.165) is 61.3 Å². The van der Waals surface area contributed by atoms with Crippen LogP contribution in [0, 0.1) is 20.8 Å². The van der Waals surface area contributed by atoms with Crippen LogP contribution in [0.4, 0.5) is 5.82 Å². The molecule has 0 spiro atoms. The van der Waals surface area contributed by atoms with Crippen LogP contribution in [0.1, 0.15) is 56.8 Å². The predicted molar refractivity (Wildman–Crippen MR) is 246 cm³/mol. The van der Waals surface area contributed by atoms with Gasteiger partial charge in [-0.05, 0) is 67.3 Å². The minimum absolute atomic E-state index is 0. The van der Waals surface area contributed by atoms with E-state index in [1.165, 1.54) is 4.88 Å². The van der Waals surface area contributed by atoms with Gasteiger partial charge in [-0.25, -0.2) is 4.98 Å². The second-order valence-corrected chi connectivity index (χ2v) is 16.4. The standard InChI is InChI=1S/C45H52ClN7O7S.H2S/c1-29-30(2)61-45-42(29)43(32-6-9-37(46)10-7-32)50-39(44-52-51-31(3)53(44)45)27-41(55)48-13-15-57-17-19-59-21-23-60-22-20-58-18-16-56-14-12-47-40-11-8-35(28-49-40)33-4-5-34-25-38(54)26-36(34)24-33;/h4-11,24,28,39H,12-23,25-27H2,1-3H3,(H,47,49)(H,48,55);1H2/t39-;/m0./s1. The number of nitrogens with zero attached hydrogens (tertiary/aromatic N) is 5. The van der Waals surface area contributed by atoms with E-state index in [4.69, 9.17) is 40.3 Å². The maximum atomic E-state index is 13.2. The molecule has 0 saturated carbocycles. The number of benzene rings is 2. The van der Waals surface area contributed by atoms with E-state index < -0.39 is 6.04 Å². The maximum Gasteiger partial charge on any atom is 0.222 e. The second-order valence-electron chi connectivity index (χ2n) is 14.8. The number of amides is 1. The summed E-state index contributed by atoms with van der Waals surface area (Å²) >= 11 is 7.89. The maximum absolute atomic E-state index is 13.2. The third-order valence-corrected chi connectivity index (χ3v) is 11.9. The fraction of sp³-hybridized carbons (Fsp3) is 0.422. The fourth-order valence-electron chi connectivity index (χ4n) is 7.17. The summed E-state index contributed by atoms with van der Waals surface area (Å²) in [5.74, 6) is 2.29. The SMILES string of the molecule is Cc1sc2c(c1C)C(c1ccc(Cl)cc1)=N[C@@H](CC(=O)NCCOCCOCCOCCOCCOCCNc1ccc(-c3ccc4c(c3)CC(=O)C4)cn1)c1nnc(C)n1-2.S. The Morgan fingerprint density at radius 2 is 1.39 bits per heavy atom. The predicted octanol–water partition coefficient (Wildman–Crippen LogP) is 6.34. The van der Waals surface area contributed by atoms with E-state index in [1.54, 1.807) is 11.3 Å². The Kier molecular flexibility index (Phi) is 17.6. The summed E-state index contributed by atoms with van der Waals surface area (Å²) in [5.41, 5.74) is 8.25. The first kappa shape index (κ1) is 47.0. The number of carbonyl (C=O) groups excluding carboxylic acids is 2. The van der Waals surface area contributed by atoms with E-state index in [-0.39, 0.29) is 31.6 Å². The van der Waals surface area contributed by atoms with Gasteiger partial charge in [0.15, 0.2) is 5.82 Å². The summed E-state index contributed by atoms with van der Waals surface area (Å²) in [7, 11) is 0. The van der Waals surface area contributed by atoms with E-state index in [1.807, 2.05) is 60.2 Å². The van der Waals surface area contributed by atoms with Crippen molar-refractivity contribution < 1.29 is 33.3 Å². The number of aliphatic imine (C=N–C) groups is 1. The van der Waals surface area contributed by atoms with Crippen molar-refractivity contribution >= 4 is 59.7 Å². The Balaban J connectivity index is 0.00000641. The van der Waals surface area contributed by atoms with Crippen LogP contribution >= 0.6 is 36.4 Å². The van der Waals surface area contributed by atoms with Crippen molar-refractivity contribution in [2.45, 2.75) is 46.1 Å². The molecule has 0 fully saturated rings. The summed E-state index contributed by atoms with van der Waals surface area (Å²) in [5, 5.41) is 16.7. The molecule has 5 aromatic rings. The zero-order valence-electron chi connectivity index (χ0n) is 35.3. The average Bonchev–Trinajstić information content (AvgIpc) is 3.90. The minimum Gasteiger partial charge on any atom is -0.377 e. The normalized spacial score (nSPS) is 14.1. The highest BCUT2D eigenvalue weighted by atomic mass is 35.5. The van der Waals surface area contributed by atoms with Gasteiger partial charge in [-0.15, -0.1) is 21.5 Å². The van der Waals surface area contributed by atoms with Gasteiger partial charge < -0.3 is 34.3 Å². The summed E-state index contributed by atoms with van der Waals surface area (Å²) in [6.45, 7) is 11.6. The zero-order chi connectivity index (χ0) is 42.6. The molecule has 4 heterocycles. The quantitative estimate of drug-likeness (QED) is 0.0705. The molecule has 2 N–H and O–H groups in total. The van der Waals surface area contributed by atoms with Gasteiger partial charge in [0.05, 0.1) is 78.2 Å². The van der Waals surface area contributed by atoms with Gasteiger partial charge in [0.1, 0.15) is 28.5 Å². The summed E-state index contributed by atoms with van der Waals surface area (Å²) in [6, 6.07) is 17.3. The number of anilines is 1. The Bertz CT molecular complexity index is 2300. The molecule has 14 nitrogen and oxygen atoms in total. The molecule has 0 saturated heterocycles. The Hall–Kier alpha value is -4.52. The fourth-order valence-corrected chi connectivity index (χ4v) is 8.51. The molecule has 1 amide bonds. The summed E-state index contributed by atoms with van der Waals surface area (Å²) in [4.78, 5) is 35.8. The van der Waals surface area contributed by atoms with Crippen LogP contribution in [0.5, 0.6) is 0 Å². The molecule has 17 heteroatoms. The van der Waals surface area contributed by atoms with Gasteiger partial charge in [0.2, 0.25) is 5.91 Å². The van der Waals surface area contributed by atoms with E-state index in [9.17, 15) is 9.59 Å². The van der Waals surface area contributed by atoms with Gasteiger partial charge in [-0.1, -0.05) is 41.9 Å². The molecule has 1 aliphatic carbocycles. The van der Waals surface area contributed by atoms with Gasteiger partial charge >= 0.3 is 0 Å². The number of fused-ring (bicyclic) bond motifs is 4. The monoisotopic (exact) mass is 903 g/mol. The number of hydrogen-bond acceptors (Lipinski definition) is 13. The minimum atomic E-state index is -0.533. The van der Waals surface area contributed by atoms with Crippen LogP contribution in [-0.4, -0.2) is 116 Å². The summed E-state index contributed by atoms with van der Waals surface area (Å²) < 4.78 is 30.1. The van der Waals surface area contributed by atoms with Gasteiger partial charge in [0, 0.05) is 58.7 Å². The molecule has 3 aromatic heterocycles. The highest BCUT2D eigenvalue weighted by Gasteiger charge is 2.32. The van der Waals surface area contributed by atoms with Crippen LogP contribution in [0.3, 0.4) is 0 Å². The molecule has 7 rings (SSSR count). The summed E-state index contributed by atoms with van der Waals surface area (Å²) in [6.07, 6.45) is 3.02. The molecule has 62 heavy (non-hydrogen) atoms. The van der Waals surface area contributed by atoms with E-state index >= 15 is 0 Å². The Labute approximate surface area is 378 Å². The number of thiophene rings is 1. The van der Waals surface area contributed by atoms with Crippen LogP contribution in [0.2, 0.25) is 5.02 Å². The van der Waals surface area contributed by atoms with Crippen LogP contribution < -0.4 is 10.6 Å². The first-order valence-corrected chi connectivity index (χ1v) is 21.8. The third kappa shape index (κ3) is 12.3. The van der Waals surface area contributed by atoms with E-state index in [0.29, 0.717) is 103 Å².